The fraction of sp³-hybridized carbons (Fsp3) is 0.368. The van der Waals surface area contributed by atoms with Crippen molar-refractivity contribution in [3.8, 4) is 5.75 Å². The minimum absolute atomic E-state index is 0.622. The van der Waals surface area contributed by atoms with Crippen molar-refractivity contribution in [1.29, 1.82) is 0 Å². The van der Waals surface area contributed by atoms with Crippen LogP contribution in [0.4, 0.5) is 0 Å². The lowest BCUT2D eigenvalue weighted by molar-refractivity contribution is 0.232. The van der Waals surface area contributed by atoms with Gasteiger partial charge in [0.25, 0.3) is 0 Å². The molecule has 1 saturated heterocycles. The van der Waals surface area contributed by atoms with Crippen molar-refractivity contribution >= 4 is 0 Å². The van der Waals surface area contributed by atoms with Gasteiger partial charge in [-0.05, 0) is 35.7 Å². The van der Waals surface area contributed by atoms with Gasteiger partial charge in [-0.15, -0.1) is 0 Å². The monoisotopic (exact) mass is 296 g/mol. The molecule has 3 heteroatoms. The van der Waals surface area contributed by atoms with E-state index < -0.39 is 0 Å². The molecule has 0 saturated carbocycles. The Balaban J connectivity index is 1.59. The summed E-state index contributed by atoms with van der Waals surface area (Å²) in [5.41, 5.74) is 3.91. The fourth-order valence-corrected chi connectivity index (χ4v) is 2.79. The molecule has 1 aliphatic rings. The third kappa shape index (κ3) is 4.09. The largest absolute Gasteiger partial charge is 0.489 e. The molecule has 2 aromatic rings. The van der Waals surface area contributed by atoms with E-state index in [0.717, 1.165) is 38.5 Å². The molecule has 0 atom stereocenters. The van der Waals surface area contributed by atoms with Gasteiger partial charge in [0.05, 0.1) is 0 Å². The quantitative estimate of drug-likeness (QED) is 0.918. The molecular formula is C19H24N2O. The zero-order chi connectivity index (χ0) is 15.2. The van der Waals surface area contributed by atoms with Crippen molar-refractivity contribution in [3.05, 3.63) is 65.2 Å². The Morgan fingerprint density at radius 3 is 2.55 bits per heavy atom. The standard InChI is InChI=1S/C19H24N2O/c1-16-13-19(22-15-17-5-3-2-4-6-17)8-7-18(16)14-21-11-9-20-10-12-21/h2-8,13,20H,9-12,14-15H2,1H3. The topological polar surface area (TPSA) is 24.5 Å². The van der Waals surface area contributed by atoms with E-state index in [0.29, 0.717) is 6.61 Å². The van der Waals surface area contributed by atoms with Gasteiger partial charge in [-0.3, -0.25) is 4.90 Å². The third-order valence-corrected chi connectivity index (χ3v) is 4.17. The van der Waals surface area contributed by atoms with Crippen LogP contribution >= 0.6 is 0 Å². The van der Waals surface area contributed by atoms with E-state index in [1.165, 1.54) is 16.7 Å². The lowest BCUT2D eigenvalue weighted by Gasteiger charge is -2.27. The molecular weight excluding hydrogens is 272 g/mol. The summed E-state index contributed by atoms with van der Waals surface area (Å²) in [5.74, 6) is 0.949. The van der Waals surface area contributed by atoms with Crippen LogP contribution in [0.25, 0.3) is 0 Å². The van der Waals surface area contributed by atoms with Crippen LogP contribution in [0, 0.1) is 6.92 Å². The first kappa shape index (κ1) is 15.1. The van der Waals surface area contributed by atoms with Crippen molar-refractivity contribution in [2.75, 3.05) is 26.2 Å². The van der Waals surface area contributed by atoms with Crippen molar-refractivity contribution < 1.29 is 4.74 Å². The summed E-state index contributed by atoms with van der Waals surface area (Å²) in [4.78, 5) is 2.50. The number of piperazine rings is 1. The van der Waals surface area contributed by atoms with Crippen molar-refractivity contribution in [2.24, 2.45) is 0 Å². The van der Waals surface area contributed by atoms with Crippen molar-refractivity contribution in [2.45, 2.75) is 20.1 Å². The number of nitrogens with one attached hydrogen (secondary N) is 1. The Labute approximate surface area is 132 Å². The summed E-state index contributed by atoms with van der Waals surface area (Å²) in [6.45, 7) is 8.28. The fourth-order valence-electron chi connectivity index (χ4n) is 2.79. The second kappa shape index (κ2) is 7.43. The summed E-state index contributed by atoms with van der Waals surface area (Å²) in [5, 5.41) is 3.39. The highest BCUT2D eigenvalue weighted by Gasteiger charge is 2.11. The second-order valence-corrected chi connectivity index (χ2v) is 5.89. The lowest BCUT2D eigenvalue weighted by Crippen LogP contribution is -2.42. The van der Waals surface area contributed by atoms with E-state index in [-0.39, 0.29) is 0 Å². The minimum Gasteiger partial charge on any atom is -0.489 e. The summed E-state index contributed by atoms with van der Waals surface area (Å²) < 4.78 is 5.89. The molecule has 0 aromatic heterocycles. The SMILES string of the molecule is Cc1cc(OCc2ccccc2)ccc1CN1CCNCC1. The molecule has 1 aliphatic heterocycles. The maximum absolute atomic E-state index is 5.89. The van der Waals surface area contributed by atoms with Gasteiger partial charge in [-0.1, -0.05) is 36.4 Å². The first-order valence-electron chi connectivity index (χ1n) is 8.00. The van der Waals surface area contributed by atoms with Gasteiger partial charge < -0.3 is 10.1 Å². The summed E-state index contributed by atoms with van der Waals surface area (Å²) in [7, 11) is 0. The molecule has 3 nitrogen and oxygen atoms in total. The molecule has 22 heavy (non-hydrogen) atoms. The predicted octanol–water partition coefficient (Wildman–Crippen LogP) is 2.98. The Kier molecular flexibility index (Phi) is 5.09. The van der Waals surface area contributed by atoms with Gasteiger partial charge in [0, 0.05) is 32.7 Å². The van der Waals surface area contributed by atoms with Crippen LogP contribution in [0.1, 0.15) is 16.7 Å². The molecule has 1 N–H and O–H groups in total. The van der Waals surface area contributed by atoms with Gasteiger partial charge in [0.2, 0.25) is 0 Å². The highest BCUT2D eigenvalue weighted by molar-refractivity contribution is 5.35. The number of benzene rings is 2. The molecule has 3 rings (SSSR count). The molecule has 1 heterocycles. The molecule has 0 bridgehead atoms. The molecule has 2 aromatic carbocycles. The molecule has 1 fully saturated rings. The van der Waals surface area contributed by atoms with Crippen molar-refractivity contribution in [1.82, 2.24) is 10.2 Å². The van der Waals surface area contributed by atoms with E-state index >= 15 is 0 Å². The van der Waals surface area contributed by atoms with E-state index in [9.17, 15) is 0 Å². The molecule has 0 aliphatic carbocycles. The van der Waals surface area contributed by atoms with E-state index in [2.05, 4.69) is 47.5 Å². The van der Waals surface area contributed by atoms with Crippen LogP contribution in [0.5, 0.6) is 5.75 Å². The Bertz CT molecular complexity index is 592. The van der Waals surface area contributed by atoms with Crippen LogP contribution in [-0.2, 0) is 13.2 Å². The van der Waals surface area contributed by atoms with Crippen LogP contribution < -0.4 is 10.1 Å². The molecule has 0 unspecified atom stereocenters. The molecule has 0 amide bonds. The van der Waals surface area contributed by atoms with Gasteiger partial charge in [-0.2, -0.15) is 0 Å². The minimum atomic E-state index is 0.622. The summed E-state index contributed by atoms with van der Waals surface area (Å²) in [6.07, 6.45) is 0. The smallest absolute Gasteiger partial charge is 0.120 e. The zero-order valence-corrected chi connectivity index (χ0v) is 13.2. The number of hydrogen-bond donors (Lipinski definition) is 1. The van der Waals surface area contributed by atoms with Gasteiger partial charge in [0.15, 0.2) is 0 Å². The average molecular weight is 296 g/mol. The maximum Gasteiger partial charge on any atom is 0.120 e. The van der Waals surface area contributed by atoms with Crippen LogP contribution in [0.3, 0.4) is 0 Å². The molecule has 0 spiro atoms. The number of nitrogens with zero attached hydrogens (tertiary/aromatic N) is 1. The third-order valence-electron chi connectivity index (χ3n) is 4.17. The number of aryl methyl sites for hydroxylation is 1. The highest BCUT2D eigenvalue weighted by Crippen LogP contribution is 2.20. The Hall–Kier alpha value is -1.84. The molecule has 116 valence electrons. The van der Waals surface area contributed by atoms with E-state index in [1.54, 1.807) is 0 Å². The van der Waals surface area contributed by atoms with E-state index in [1.807, 2.05) is 18.2 Å². The van der Waals surface area contributed by atoms with E-state index in [4.69, 9.17) is 4.74 Å². The lowest BCUT2D eigenvalue weighted by atomic mass is 10.1. The second-order valence-electron chi connectivity index (χ2n) is 5.89. The first-order chi connectivity index (χ1) is 10.8. The highest BCUT2D eigenvalue weighted by atomic mass is 16.5. The number of rotatable bonds is 5. The maximum atomic E-state index is 5.89. The first-order valence-corrected chi connectivity index (χ1v) is 8.00. The normalized spacial score (nSPS) is 15.7. The Morgan fingerprint density at radius 2 is 1.82 bits per heavy atom. The number of ether oxygens (including phenoxy) is 1. The van der Waals surface area contributed by atoms with Crippen LogP contribution in [0.2, 0.25) is 0 Å². The van der Waals surface area contributed by atoms with Crippen LogP contribution in [0.15, 0.2) is 48.5 Å². The van der Waals surface area contributed by atoms with Crippen LogP contribution in [-0.4, -0.2) is 31.1 Å². The van der Waals surface area contributed by atoms with Gasteiger partial charge in [-0.25, -0.2) is 0 Å². The average Bonchev–Trinajstić information content (AvgIpc) is 2.57. The van der Waals surface area contributed by atoms with Crippen molar-refractivity contribution in [3.63, 3.8) is 0 Å². The number of hydrogen-bond acceptors (Lipinski definition) is 3. The summed E-state index contributed by atoms with van der Waals surface area (Å²) in [6, 6.07) is 16.7. The van der Waals surface area contributed by atoms with Gasteiger partial charge >= 0.3 is 0 Å². The predicted molar refractivity (Wildman–Crippen MR) is 90.1 cm³/mol. The molecule has 0 radical (unpaired) electrons. The summed E-state index contributed by atoms with van der Waals surface area (Å²) >= 11 is 0. The van der Waals surface area contributed by atoms with Gasteiger partial charge in [0.1, 0.15) is 12.4 Å². The zero-order valence-electron chi connectivity index (χ0n) is 13.2. The Morgan fingerprint density at radius 1 is 1.05 bits per heavy atom.